The monoisotopic (exact) mass is 808 g/mol. The molecule has 4 aromatic rings. The van der Waals surface area contributed by atoms with Gasteiger partial charge in [-0.25, -0.2) is 4.98 Å². The molecule has 0 saturated carbocycles. The normalized spacial score (nSPS) is 20.4. The molecule has 2 aliphatic heterocycles. The highest BCUT2D eigenvalue weighted by molar-refractivity contribution is 6.99. The lowest BCUT2D eigenvalue weighted by Crippen LogP contribution is -2.67. The number of esters is 1. The molecule has 0 amide bonds. The lowest BCUT2D eigenvalue weighted by Gasteiger charge is -2.46. The van der Waals surface area contributed by atoms with Crippen molar-refractivity contribution in [1.29, 1.82) is 0 Å². The van der Waals surface area contributed by atoms with Crippen molar-refractivity contribution in [2.45, 2.75) is 63.9 Å². The van der Waals surface area contributed by atoms with Gasteiger partial charge in [-0.15, -0.1) is 0 Å². The van der Waals surface area contributed by atoms with Crippen LogP contribution in [-0.2, 0) is 14.0 Å². The minimum absolute atomic E-state index is 0.136. The Bertz CT molecular complexity index is 1940. The van der Waals surface area contributed by atoms with Crippen molar-refractivity contribution in [3.63, 3.8) is 0 Å². The SMILES string of the molecule is COC(=O)C[C@H]1[C@H](C)C(C(F)(F)F)=NN1c1ccc(O[C@@H]2CCN(c3cc(OC)ncc3Cl)C[C@H]2CO[Si](c2ccccc2)(c2ccccc2)C(C)(C)C)cc1. The van der Waals surface area contributed by atoms with E-state index in [1.807, 2.05) is 18.2 Å². The van der Waals surface area contributed by atoms with Gasteiger partial charge in [-0.05, 0) is 39.7 Å². The Morgan fingerprint density at radius 1 is 0.946 bits per heavy atom. The van der Waals surface area contributed by atoms with E-state index in [0.717, 1.165) is 5.69 Å². The lowest BCUT2D eigenvalue weighted by atomic mass is 9.94. The molecule has 1 aromatic heterocycles. The minimum atomic E-state index is -4.64. The first-order chi connectivity index (χ1) is 26.7. The number of hydrazone groups is 1. The van der Waals surface area contributed by atoms with E-state index in [1.54, 1.807) is 37.6 Å². The van der Waals surface area contributed by atoms with Gasteiger partial charge < -0.3 is 23.5 Å². The Kier molecular flexibility index (Phi) is 12.4. The van der Waals surface area contributed by atoms with Crippen molar-refractivity contribution in [3.8, 4) is 11.6 Å². The van der Waals surface area contributed by atoms with Crippen LogP contribution in [0.2, 0.25) is 10.1 Å². The summed E-state index contributed by atoms with van der Waals surface area (Å²) in [6.07, 6.45) is -2.96. The predicted octanol–water partition coefficient (Wildman–Crippen LogP) is 7.90. The largest absolute Gasteiger partial charge is 0.490 e. The summed E-state index contributed by atoms with van der Waals surface area (Å²) in [6, 6.07) is 28.7. The van der Waals surface area contributed by atoms with E-state index in [0.29, 0.717) is 48.5 Å². The number of pyridine rings is 1. The van der Waals surface area contributed by atoms with Crippen molar-refractivity contribution < 1.29 is 36.6 Å². The summed E-state index contributed by atoms with van der Waals surface area (Å²) >= 11 is 6.71. The first kappa shape index (κ1) is 41.1. The molecule has 0 radical (unpaired) electrons. The quantitative estimate of drug-likeness (QED) is 0.106. The summed E-state index contributed by atoms with van der Waals surface area (Å²) in [5.74, 6) is -0.794. The number of hydrogen-bond acceptors (Lipinski definition) is 9. The average Bonchev–Trinajstić information content (AvgIpc) is 3.52. The van der Waals surface area contributed by atoms with Gasteiger partial charge in [0.15, 0.2) is 0 Å². The van der Waals surface area contributed by atoms with Crippen LogP contribution in [0, 0.1) is 11.8 Å². The van der Waals surface area contributed by atoms with Gasteiger partial charge in [-0.2, -0.15) is 18.3 Å². The van der Waals surface area contributed by atoms with Crippen LogP contribution in [0.4, 0.5) is 24.5 Å². The summed E-state index contributed by atoms with van der Waals surface area (Å²) < 4.78 is 66.2. The number of carbonyl (C=O) groups is 1. The average molecular weight is 809 g/mol. The highest BCUT2D eigenvalue weighted by atomic mass is 35.5. The number of carbonyl (C=O) groups excluding carboxylic acids is 1. The Labute approximate surface area is 332 Å². The van der Waals surface area contributed by atoms with Gasteiger partial charge >= 0.3 is 12.1 Å². The maximum Gasteiger partial charge on any atom is 0.431 e. The third-order valence-corrected chi connectivity index (χ3v) is 16.1. The molecule has 2 aliphatic rings. The summed E-state index contributed by atoms with van der Waals surface area (Å²) in [7, 11) is -0.133. The van der Waals surface area contributed by atoms with Crippen LogP contribution in [0.1, 0.15) is 40.5 Å². The van der Waals surface area contributed by atoms with Crippen molar-refractivity contribution in [3.05, 3.63) is 102 Å². The van der Waals surface area contributed by atoms with Gasteiger partial charge in [0.2, 0.25) is 5.88 Å². The molecule has 0 aliphatic carbocycles. The molecule has 1 saturated heterocycles. The van der Waals surface area contributed by atoms with E-state index in [-0.39, 0.29) is 23.5 Å². The number of ether oxygens (including phenoxy) is 3. The molecule has 1 fully saturated rings. The van der Waals surface area contributed by atoms with Crippen LogP contribution in [0.15, 0.2) is 102 Å². The zero-order valence-corrected chi connectivity index (χ0v) is 34.2. The molecule has 0 bridgehead atoms. The van der Waals surface area contributed by atoms with E-state index >= 15 is 0 Å². The van der Waals surface area contributed by atoms with Crippen LogP contribution in [0.25, 0.3) is 0 Å². The van der Waals surface area contributed by atoms with Crippen LogP contribution >= 0.6 is 11.6 Å². The maximum atomic E-state index is 13.9. The lowest BCUT2D eigenvalue weighted by molar-refractivity contribution is -0.141. The van der Waals surface area contributed by atoms with Gasteiger partial charge in [-0.3, -0.25) is 9.80 Å². The molecule has 298 valence electrons. The first-order valence-electron chi connectivity index (χ1n) is 18.6. The second kappa shape index (κ2) is 16.9. The van der Waals surface area contributed by atoms with E-state index in [9.17, 15) is 18.0 Å². The van der Waals surface area contributed by atoms with Gasteiger partial charge in [0, 0.05) is 44.0 Å². The van der Waals surface area contributed by atoms with Crippen molar-refractivity contribution in [2.75, 3.05) is 43.8 Å². The van der Waals surface area contributed by atoms with Gasteiger partial charge in [0.1, 0.15) is 17.6 Å². The summed E-state index contributed by atoms with van der Waals surface area (Å²) in [5.41, 5.74) is 0.269. The van der Waals surface area contributed by atoms with Crippen LogP contribution in [0.5, 0.6) is 11.6 Å². The number of anilines is 2. The number of halogens is 4. The minimum Gasteiger partial charge on any atom is -0.490 e. The van der Waals surface area contributed by atoms with Crippen LogP contribution < -0.4 is 29.8 Å². The number of benzene rings is 3. The topological polar surface area (TPSA) is 85.7 Å². The van der Waals surface area contributed by atoms with E-state index < -0.39 is 38.1 Å². The number of rotatable bonds is 12. The summed E-state index contributed by atoms with van der Waals surface area (Å²) in [6.45, 7) is 9.71. The third kappa shape index (κ3) is 8.54. The molecule has 56 heavy (non-hydrogen) atoms. The highest BCUT2D eigenvalue weighted by Crippen LogP contribution is 2.40. The maximum absolute atomic E-state index is 13.9. The summed E-state index contributed by atoms with van der Waals surface area (Å²) in [4.78, 5) is 18.7. The number of piperidine rings is 1. The number of aromatic nitrogens is 1. The number of alkyl halides is 3. The molecule has 6 rings (SSSR count). The van der Waals surface area contributed by atoms with Crippen LogP contribution in [-0.4, -0.2) is 77.2 Å². The predicted molar refractivity (Wildman–Crippen MR) is 216 cm³/mol. The fraction of sp³-hybridized carbons (Fsp3) is 0.405. The Hall–Kier alpha value is -4.59. The Morgan fingerprint density at radius 2 is 1.57 bits per heavy atom. The highest BCUT2D eigenvalue weighted by Gasteiger charge is 2.51. The second-order valence-electron chi connectivity index (χ2n) is 15.3. The number of nitrogens with zero attached hydrogens (tertiary/aromatic N) is 4. The Morgan fingerprint density at radius 3 is 2.12 bits per heavy atom. The molecule has 0 N–H and O–H groups in total. The van der Waals surface area contributed by atoms with Gasteiger partial charge in [0.25, 0.3) is 8.32 Å². The van der Waals surface area contributed by atoms with Gasteiger partial charge in [0.05, 0.1) is 49.3 Å². The smallest absolute Gasteiger partial charge is 0.431 e. The molecule has 9 nitrogen and oxygen atoms in total. The fourth-order valence-corrected chi connectivity index (χ4v) is 12.8. The first-order valence-corrected chi connectivity index (χ1v) is 20.9. The number of hydrogen-bond donors (Lipinski definition) is 0. The zero-order valence-electron chi connectivity index (χ0n) is 32.4. The van der Waals surface area contributed by atoms with Crippen LogP contribution in [0.3, 0.4) is 0 Å². The van der Waals surface area contributed by atoms with Crippen molar-refractivity contribution in [2.24, 2.45) is 16.9 Å². The van der Waals surface area contributed by atoms with E-state index in [4.69, 9.17) is 30.2 Å². The second-order valence-corrected chi connectivity index (χ2v) is 20.0. The number of methoxy groups -OCH3 is 2. The standard InChI is InChI=1S/C42H48ClF3N4O5Si/c1-28-35(24-39(51)53-6)50(48-40(28)42(44,45)46)30-17-19-31(20-18-30)55-37-21-22-49(36-23-38(52-5)47-25-34(36)43)26-29(37)27-54-56(41(2,3)4,32-13-9-7-10-14-32)33-15-11-8-12-16-33/h7-20,23,25,28-29,35,37H,21-22,24,26-27H2,1-6H3/t28-,29-,35-,37+/m0/s1. The molecule has 4 atom stereocenters. The molecule has 0 spiro atoms. The molecular formula is C42H48ClF3N4O5Si. The van der Waals surface area contributed by atoms with Crippen molar-refractivity contribution in [1.82, 2.24) is 4.98 Å². The fourth-order valence-electron chi connectivity index (χ4n) is 7.91. The molecule has 0 unspecified atom stereocenters. The van der Waals surface area contributed by atoms with Crippen molar-refractivity contribution >= 4 is 53.3 Å². The Balaban J connectivity index is 1.32. The molecular weight excluding hydrogens is 761 g/mol. The van der Waals surface area contributed by atoms with E-state index in [2.05, 4.69) is 84.3 Å². The molecule has 3 heterocycles. The zero-order chi connectivity index (χ0) is 40.3. The molecule has 14 heteroatoms. The summed E-state index contributed by atoms with van der Waals surface area (Å²) in [5, 5.41) is 7.80. The van der Waals surface area contributed by atoms with E-state index in [1.165, 1.54) is 29.4 Å². The molecule has 3 aromatic carbocycles. The van der Waals surface area contributed by atoms with Gasteiger partial charge in [-0.1, -0.05) is 100.0 Å². The third-order valence-electron chi connectivity index (χ3n) is 10.8.